The number of hydrogen-bond acceptors (Lipinski definition) is 3. The van der Waals surface area contributed by atoms with Crippen LogP contribution in [0.15, 0.2) is 6.20 Å². The highest BCUT2D eigenvalue weighted by molar-refractivity contribution is 9.09. The van der Waals surface area contributed by atoms with E-state index in [1.807, 2.05) is 0 Å². The summed E-state index contributed by atoms with van der Waals surface area (Å²) < 4.78 is 0. The Balaban J connectivity index is 2.03. The molecule has 1 heterocycles. The highest BCUT2D eigenvalue weighted by Crippen LogP contribution is 2.22. The van der Waals surface area contributed by atoms with Crippen molar-refractivity contribution in [3.05, 3.63) is 11.9 Å². The van der Waals surface area contributed by atoms with E-state index in [0.717, 1.165) is 0 Å². The van der Waals surface area contributed by atoms with Gasteiger partial charge in [0.1, 0.15) is 5.69 Å². The zero-order chi connectivity index (χ0) is 9.26. The molecule has 2 N–H and O–H groups in total. The van der Waals surface area contributed by atoms with Crippen molar-refractivity contribution in [2.75, 3.05) is 10.6 Å². The van der Waals surface area contributed by atoms with Crippen LogP contribution in [-0.4, -0.2) is 27.1 Å². The molecule has 0 spiro atoms. The molecule has 1 saturated carbocycles. The molecule has 1 aliphatic rings. The number of H-pyrrole nitrogens is 1. The van der Waals surface area contributed by atoms with Gasteiger partial charge in [-0.3, -0.25) is 4.79 Å². The molecule has 0 aromatic carbocycles. The molecule has 1 aromatic rings. The number of anilines is 1. The fourth-order valence-electron chi connectivity index (χ4n) is 1.03. The van der Waals surface area contributed by atoms with Crippen LogP contribution >= 0.6 is 15.9 Å². The van der Waals surface area contributed by atoms with E-state index in [2.05, 4.69) is 31.2 Å². The Hall–Kier alpha value is -0.840. The number of carbonyl (C=O) groups excluding carboxylic acids is 1. The van der Waals surface area contributed by atoms with E-state index in [9.17, 15) is 4.79 Å². The SMILES string of the molecule is O=C(CBr)c1cnc(NC2CC2)[nH]1. The minimum absolute atomic E-state index is 0.0244. The Morgan fingerprint density at radius 3 is 3.15 bits per heavy atom. The molecule has 1 fully saturated rings. The molecule has 70 valence electrons. The average molecular weight is 244 g/mol. The van der Waals surface area contributed by atoms with Gasteiger partial charge < -0.3 is 10.3 Å². The van der Waals surface area contributed by atoms with Crippen molar-refractivity contribution in [1.82, 2.24) is 9.97 Å². The van der Waals surface area contributed by atoms with Gasteiger partial charge in [-0.25, -0.2) is 4.98 Å². The first-order valence-electron chi connectivity index (χ1n) is 4.20. The Labute approximate surface area is 84.3 Å². The summed E-state index contributed by atoms with van der Waals surface area (Å²) in [7, 11) is 0. The van der Waals surface area contributed by atoms with Crippen molar-refractivity contribution in [2.45, 2.75) is 18.9 Å². The maximum absolute atomic E-state index is 11.2. The van der Waals surface area contributed by atoms with Gasteiger partial charge in [-0.15, -0.1) is 0 Å². The molecule has 0 saturated heterocycles. The van der Waals surface area contributed by atoms with Crippen molar-refractivity contribution in [1.29, 1.82) is 0 Å². The summed E-state index contributed by atoms with van der Waals surface area (Å²) in [6.45, 7) is 0. The second kappa shape index (κ2) is 3.49. The minimum Gasteiger partial charge on any atom is -0.353 e. The molecule has 13 heavy (non-hydrogen) atoms. The predicted octanol–water partition coefficient (Wildman–Crippen LogP) is 1.56. The van der Waals surface area contributed by atoms with Crippen LogP contribution in [0.5, 0.6) is 0 Å². The lowest BCUT2D eigenvalue weighted by Gasteiger charge is -1.96. The molecule has 0 radical (unpaired) electrons. The third-order valence-electron chi connectivity index (χ3n) is 1.92. The number of nitrogens with zero attached hydrogens (tertiary/aromatic N) is 1. The lowest BCUT2D eigenvalue weighted by Crippen LogP contribution is -2.04. The molecule has 0 bridgehead atoms. The summed E-state index contributed by atoms with van der Waals surface area (Å²) in [5.41, 5.74) is 0.556. The van der Waals surface area contributed by atoms with Crippen LogP contribution in [0.2, 0.25) is 0 Å². The summed E-state index contributed by atoms with van der Waals surface area (Å²) in [5, 5.41) is 3.51. The quantitative estimate of drug-likeness (QED) is 0.624. The summed E-state index contributed by atoms with van der Waals surface area (Å²) in [5.74, 6) is 0.725. The van der Waals surface area contributed by atoms with E-state index >= 15 is 0 Å². The van der Waals surface area contributed by atoms with Gasteiger partial charge in [-0.05, 0) is 12.8 Å². The van der Waals surface area contributed by atoms with Gasteiger partial charge >= 0.3 is 0 Å². The Morgan fingerprint density at radius 2 is 2.54 bits per heavy atom. The van der Waals surface area contributed by atoms with Gasteiger partial charge in [0.15, 0.2) is 5.78 Å². The van der Waals surface area contributed by atoms with Crippen LogP contribution in [-0.2, 0) is 0 Å². The molecular weight excluding hydrogens is 234 g/mol. The number of aromatic amines is 1. The first kappa shape index (κ1) is 8.74. The summed E-state index contributed by atoms with van der Waals surface area (Å²) in [4.78, 5) is 18.2. The zero-order valence-electron chi connectivity index (χ0n) is 7.01. The maximum Gasteiger partial charge on any atom is 0.200 e. The Kier molecular flexibility index (Phi) is 2.35. The standard InChI is InChI=1S/C8H10BrN3O/c9-3-7(13)6-4-10-8(12-6)11-5-1-2-5/h4-5H,1-3H2,(H2,10,11,12). The zero-order valence-corrected chi connectivity index (χ0v) is 8.60. The van der Waals surface area contributed by atoms with Crippen LogP contribution in [0.25, 0.3) is 0 Å². The number of halogens is 1. The summed E-state index contributed by atoms with van der Waals surface area (Å²) in [6, 6.07) is 0.554. The topological polar surface area (TPSA) is 57.8 Å². The highest BCUT2D eigenvalue weighted by atomic mass is 79.9. The van der Waals surface area contributed by atoms with Gasteiger partial charge in [0, 0.05) is 6.04 Å². The molecule has 4 nitrogen and oxygen atoms in total. The lowest BCUT2D eigenvalue weighted by molar-refractivity contribution is 0.101. The molecule has 0 aliphatic heterocycles. The smallest absolute Gasteiger partial charge is 0.200 e. The number of nitrogens with one attached hydrogen (secondary N) is 2. The van der Waals surface area contributed by atoms with Gasteiger partial charge in [0.2, 0.25) is 5.95 Å². The number of hydrogen-bond donors (Lipinski definition) is 2. The summed E-state index contributed by atoms with van der Waals surface area (Å²) >= 11 is 3.11. The lowest BCUT2D eigenvalue weighted by atomic mass is 10.3. The van der Waals surface area contributed by atoms with Crippen LogP contribution in [0.4, 0.5) is 5.95 Å². The van der Waals surface area contributed by atoms with Crippen LogP contribution in [0.1, 0.15) is 23.3 Å². The molecule has 1 aliphatic carbocycles. The number of rotatable bonds is 4. The number of ketones is 1. The van der Waals surface area contributed by atoms with Crippen molar-refractivity contribution < 1.29 is 4.79 Å². The van der Waals surface area contributed by atoms with Crippen molar-refractivity contribution in [3.63, 3.8) is 0 Å². The molecule has 0 atom stereocenters. The number of imidazole rings is 1. The first-order valence-corrected chi connectivity index (χ1v) is 5.32. The number of carbonyl (C=O) groups is 1. The van der Waals surface area contributed by atoms with Crippen molar-refractivity contribution in [3.8, 4) is 0 Å². The molecule has 2 rings (SSSR count). The normalized spacial score (nSPS) is 15.8. The van der Waals surface area contributed by atoms with E-state index in [1.165, 1.54) is 12.8 Å². The molecule has 0 unspecified atom stereocenters. The molecule has 5 heteroatoms. The maximum atomic E-state index is 11.2. The third-order valence-corrected chi connectivity index (χ3v) is 2.43. The fourth-order valence-corrected chi connectivity index (χ4v) is 1.33. The molecule has 1 aromatic heterocycles. The predicted molar refractivity (Wildman–Crippen MR) is 53.4 cm³/mol. The van der Waals surface area contributed by atoms with Crippen molar-refractivity contribution in [2.24, 2.45) is 0 Å². The van der Waals surface area contributed by atoms with Crippen LogP contribution in [0, 0.1) is 0 Å². The fraction of sp³-hybridized carbons (Fsp3) is 0.500. The van der Waals surface area contributed by atoms with Crippen LogP contribution < -0.4 is 5.32 Å². The van der Waals surface area contributed by atoms with Gasteiger partial charge in [-0.1, -0.05) is 15.9 Å². The first-order chi connectivity index (χ1) is 6.29. The van der Waals surface area contributed by atoms with E-state index in [4.69, 9.17) is 0 Å². The Morgan fingerprint density at radius 1 is 1.77 bits per heavy atom. The summed E-state index contributed by atoms with van der Waals surface area (Å²) in [6.07, 6.45) is 3.96. The van der Waals surface area contributed by atoms with E-state index < -0.39 is 0 Å². The second-order valence-electron chi connectivity index (χ2n) is 3.12. The number of aromatic nitrogens is 2. The van der Waals surface area contributed by atoms with E-state index in [-0.39, 0.29) is 5.78 Å². The van der Waals surface area contributed by atoms with Gasteiger partial charge in [0.05, 0.1) is 11.5 Å². The highest BCUT2D eigenvalue weighted by Gasteiger charge is 2.22. The monoisotopic (exact) mass is 243 g/mol. The third kappa shape index (κ3) is 2.09. The van der Waals surface area contributed by atoms with Crippen molar-refractivity contribution >= 4 is 27.7 Å². The Bertz CT molecular complexity index is 319. The second-order valence-corrected chi connectivity index (χ2v) is 3.68. The molecular formula is C8H10BrN3O. The van der Waals surface area contributed by atoms with E-state index in [0.29, 0.717) is 23.0 Å². The van der Waals surface area contributed by atoms with Gasteiger partial charge in [-0.2, -0.15) is 0 Å². The van der Waals surface area contributed by atoms with E-state index in [1.54, 1.807) is 6.20 Å². The minimum atomic E-state index is 0.0244. The number of alkyl halides is 1. The van der Waals surface area contributed by atoms with Crippen LogP contribution in [0.3, 0.4) is 0 Å². The van der Waals surface area contributed by atoms with Gasteiger partial charge in [0.25, 0.3) is 0 Å². The molecule has 0 amide bonds. The number of Topliss-reactive ketones (excluding diaryl/α,β-unsaturated/α-hetero) is 1. The largest absolute Gasteiger partial charge is 0.353 e. The average Bonchev–Trinajstić information content (AvgIpc) is 2.81.